The maximum absolute atomic E-state index is 11.1. The summed E-state index contributed by atoms with van der Waals surface area (Å²) in [6, 6.07) is 1.95. The van der Waals surface area contributed by atoms with Gasteiger partial charge >= 0.3 is 0 Å². The summed E-state index contributed by atoms with van der Waals surface area (Å²) in [5.41, 5.74) is 4.75. The van der Waals surface area contributed by atoms with E-state index in [1.165, 1.54) is 16.7 Å². The molecule has 0 spiro atoms. The van der Waals surface area contributed by atoms with Crippen LogP contribution in [0.1, 0.15) is 53.7 Å². The SMILES string of the molecule is CCCc1c(C=O)cc(Br)c(C)c1CCC. The van der Waals surface area contributed by atoms with Gasteiger partial charge in [-0.05, 0) is 42.5 Å². The molecule has 0 bridgehead atoms. The van der Waals surface area contributed by atoms with Gasteiger partial charge in [0.15, 0.2) is 0 Å². The Morgan fingerprint density at radius 1 is 1.19 bits per heavy atom. The molecule has 1 rings (SSSR count). The van der Waals surface area contributed by atoms with Gasteiger partial charge in [0.1, 0.15) is 6.29 Å². The number of rotatable bonds is 5. The molecule has 2 heteroatoms. The molecule has 0 aliphatic rings. The van der Waals surface area contributed by atoms with Gasteiger partial charge in [0.25, 0.3) is 0 Å². The van der Waals surface area contributed by atoms with Crippen LogP contribution in [0.3, 0.4) is 0 Å². The third kappa shape index (κ3) is 2.73. The summed E-state index contributed by atoms with van der Waals surface area (Å²) in [5, 5.41) is 0. The Hall–Kier alpha value is -0.630. The second-order valence-corrected chi connectivity index (χ2v) is 5.00. The van der Waals surface area contributed by atoms with E-state index in [-0.39, 0.29) is 0 Å². The van der Waals surface area contributed by atoms with E-state index in [1.807, 2.05) is 6.07 Å². The van der Waals surface area contributed by atoms with Crippen LogP contribution >= 0.6 is 15.9 Å². The number of aldehydes is 1. The Morgan fingerprint density at radius 2 is 1.75 bits per heavy atom. The van der Waals surface area contributed by atoms with Crippen molar-refractivity contribution < 1.29 is 4.79 Å². The third-order valence-corrected chi connectivity index (χ3v) is 3.76. The molecule has 0 saturated heterocycles. The van der Waals surface area contributed by atoms with Gasteiger partial charge < -0.3 is 0 Å². The Morgan fingerprint density at radius 3 is 2.25 bits per heavy atom. The normalized spacial score (nSPS) is 10.5. The molecule has 0 radical (unpaired) electrons. The van der Waals surface area contributed by atoms with Crippen molar-refractivity contribution >= 4 is 22.2 Å². The fraction of sp³-hybridized carbons (Fsp3) is 0.500. The highest BCUT2D eigenvalue weighted by Gasteiger charge is 2.12. The summed E-state index contributed by atoms with van der Waals surface area (Å²) < 4.78 is 1.05. The zero-order valence-electron chi connectivity index (χ0n) is 10.3. The molecule has 0 fully saturated rings. The van der Waals surface area contributed by atoms with E-state index < -0.39 is 0 Å². The van der Waals surface area contributed by atoms with Crippen LogP contribution in [0.15, 0.2) is 10.5 Å². The maximum Gasteiger partial charge on any atom is 0.150 e. The van der Waals surface area contributed by atoms with Gasteiger partial charge in [-0.25, -0.2) is 0 Å². The van der Waals surface area contributed by atoms with E-state index in [1.54, 1.807) is 0 Å². The quantitative estimate of drug-likeness (QED) is 0.728. The van der Waals surface area contributed by atoms with Crippen LogP contribution in [0.5, 0.6) is 0 Å². The van der Waals surface area contributed by atoms with Gasteiger partial charge in [0.05, 0.1) is 0 Å². The predicted octanol–water partition coefficient (Wildman–Crippen LogP) is 4.48. The zero-order valence-corrected chi connectivity index (χ0v) is 11.9. The average Bonchev–Trinajstić information content (AvgIpc) is 2.28. The van der Waals surface area contributed by atoms with E-state index in [2.05, 4.69) is 36.7 Å². The van der Waals surface area contributed by atoms with Crippen molar-refractivity contribution in [1.29, 1.82) is 0 Å². The van der Waals surface area contributed by atoms with Crippen molar-refractivity contribution in [2.24, 2.45) is 0 Å². The fourth-order valence-electron chi connectivity index (χ4n) is 2.12. The van der Waals surface area contributed by atoms with Crippen molar-refractivity contribution in [2.75, 3.05) is 0 Å². The Kier molecular flexibility index (Phi) is 5.20. The lowest BCUT2D eigenvalue weighted by molar-refractivity contribution is 0.112. The highest BCUT2D eigenvalue weighted by molar-refractivity contribution is 9.10. The Labute approximate surface area is 106 Å². The third-order valence-electron chi connectivity index (χ3n) is 2.93. The lowest BCUT2D eigenvalue weighted by Crippen LogP contribution is -2.03. The number of hydrogen-bond donors (Lipinski definition) is 0. The lowest BCUT2D eigenvalue weighted by Gasteiger charge is -2.15. The van der Waals surface area contributed by atoms with Crippen molar-refractivity contribution in [3.05, 3.63) is 32.8 Å². The number of carbonyl (C=O) groups is 1. The molecule has 0 saturated carbocycles. The van der Waals surface area contributed by atoms with Gasteiger partial charge in [0, 0.05) is 10.0 Å². The second-order valence-electron chi connectivity index (χ2n) is 4.15. The molecule has 0 atom stereocenters. The number of halogens is 1. The van der Waals surface area contributed by atoms with Gasteiger partial charge in [0.2, 0.25) is 0 Å². The maximum atomic E-state index is 11.1. The van der Waals surface area contributed by atoms with Crippen LogP contribution in [-0.2, 0) is 12.8 Å². The fourth-order valence-corrected chi connectivity index (χ4v) is 2.60. The molecule has 1 aromatic carbocycles. The first-order chi connectivity index (χ1) is 7.65. The summed E-state index contributed by atoms with van der Waals surface area (Å²) in [7, 11) is 0. The molecular formula is C14H19BrO. The minimum Gasteiger partial charge on any atom is -0.298 e. The molecule has 0 aliphatic carbocycles. The van der Waals surface area contributed by atoms with Crippen molar-refractivity contribution in [2.45, 2.75) is 46.5 Å². The van der Waals surface area contributed by atoms with Crippen LogP contribution in [0.25, 0.3) is 0 Å². The van der Waals surface area contributed by atoms with Crippen LogP contribution in [-0.4, -0.2) is 6.29 Å². The first kappa shape index (κ1) is 13.4. The summed E-state index contributed by atoms with van der Waals surface area (Å²) in [5.74, 6) is 0. The standard InChI is InChI=1S/C14H19BrO/c1-4-6-12-10(3)14(15)8-11(9-16)13(12)7-5-2/h8-9H,4-7H2,1-3H3. The molecule has 0 heterocycles. The van der Waals surface area contributed by atoms with E-state index in [0.29, 0.717) is 0 Å². The summed E-state index contributed by atoms with van der Waals surface area (Å²) >= 11 is 3.53. The zero-order chi connectivity index (χ0) is 12.1. The molecule has 0 aliphatic heterocycles. The minimum absolute atomic E-state index is 0.850. The second kappa shape index (κ2) is 6.19. The van der Waals surface area contributed by atoms with Crippen LogP contribution in [0.2, 0.25) is 0 Å². The first-order valence-electron chi connectivity index (χ1n) is 5.91. The van der Waals surface area contributed by atoms with Crippen LogP contribution in [0, 0.1) is 6.92 Å². The summed E-state index contributed by atoms with van der Waals surface area (Å²) in [6.45, 7) is 6.46. The molecular weight excluding hydrogens is 264 g/mol. The molecule has 1 aromatic rings. The highest BCUT2D eigenvalue weighted by atomic mass is 79.9. The molecule has 0 aromatic heterocycles. The largest absolute Gasteiger partial charge is 0.298 e. The molecule has 0 unspecified atom stereocenters. The number of carbonyl (C=O) groups excluding carboxylic acids is 1. The first-order valence-corrected chi connectivity index (χ1v) is 6.71. The van der Waals surface area contributed by atoms with Crippen LogP contribution in [0.4, 0.5) is 0 Å². The molecule has 88 valence electrons. The predicted molar refractivity (Wildman–Crippen MR) is 72.3 cm³/mol. The van der Waals surface area contributed by atoms with Gasteiger partial charge in [-0.15, -0.1) is 0 Å². The van der Waals surface area contributed by atoms with Crippen molar-refractivity contribution in [1.82, 2.24) is 0 Å². The van der Waals surface area contributed by atoms with E-state index in [0.717, 1.165) is 42.0 Å². The topological polar surface area (TPSA) is 17.1 Å². The summed E-state index contributed by atoms with van der Waals surface area (Å²) in [4.78, 5) is 11.1. The van der Waals surface area contributed by atoms with E-state index in [9.17, 15) is 4.79 Å². The summed E-state index contributed by atoms with van der Waals surface area (Å²) in [6.07, 6.45) is 5.23. The number of benzene rings is 1. The van der Waals surface area contributed by atoms with Crippen molar-refractivity contribution in [3.8, 4) is 0 Å². The number of hydrogen-bond acceptors (Lipinski definition) is 1. The highest BCUT2D eigenvalue weighted by Crippen LogP contribution is 2.28. The lowest BCUT2D eigenvalue weighted by atomic mass is 9.91. The average molecular weight is 283 g/mol. The van der Waals surface area contributed by atoms with Crippen LogP contribution < -0.4 is 0 Å². The van der Waals surface area contributed by atoms with E-state index in [4.69, 9.17) is 0 Å². The molecule has 0 amide bonds. The minimum atomic E-state index is 0.850. The van der Waals surface area contributed by atoms with Gasteiger partial charge in [-0.3, -0.25) is 4.79 Å². The smallest absolute Gasteiger partial charge is 0.150 e. The molecule has 16 heavy (non-hydrogen) atoms. The van der Waals surface area contributed by atoms with E-state index >= 15 is 0 Å². The van der Waals surface area contributed by atoms with Crippen molar-refractivity contribution in [3.63, 3.8) is 0 Å². The van der Waals surface area contributed by atoms with Gasteiger partial charge in [-0.1, -0.05) is 42.6 Å². The molecule has 1 nitrogen and oxygen atoms in total. The van der Waals surface area contributed by atoms with Gasteiger partial charge in [-0.2, -0.15) is 0 Å². The monoisotopic (exact) mass is 282 g/mol. The Bertz CT molecular complexity index is 383. The molecule has 0 N–H and O–H groups in total. The Balaban J connectivity index is 3.37.